The van der Waals surface area contributed by atoms with E-state index in [0.29, 0.717) is 10.0 Å². The zero-order valence-corrected chi connectivity index (χ0v) is 12.4. The molecule has 0 aliphatic rings. The Kier molecular flexibility index (Phi) is 4.88. The van der Waals surface area contributed by atoms with Crippen molar-refractivity contribution in [3.8, 4) is 0 Å². The molecule has 0 fully saturated rings. The maximum Gasteiger partial charge on any atom is 0.243 e. The molecular weight excluding hydrogens is 295 g/mol. The second-order valence-electron chi connectivity index (χ2n) is 4.34. The van der Waals surface area contributed by atoms with Crippen LogP contribution < -0.4 is 10.6 Å². The molecule has 104 valence electrons. The van der Waals surface area contributed by atoms with Gasteiger partial charge in [-0.2, -0.15) is 0 Å². The minimum atomic E-state index is -0.143. The van der Waals surface area contributed by atoms with Crippen molar-refractivity contribution < 1.29 is 4.79 Å². The van der Waals surface area contributed by atoms with Gasteiger partial charge in [0.05, 0.1) is 17.3 Å². The van der Waals surface area contributed by atoms with Crippen LogP contribution >= 0.6 is 23.2 Å². The molecule has 0 aliphatic carbocycles. The maximum absolute atomic E-state index is 11.9. The summed E-state index contributed by atoms with van der Waals surface area (Å²) in [4.78, 5) is 11.9. The van der Waals surface area contributed by atoms with E-state index in [9.17, 15) is 4.79 Å². The van der Waals surface area contributed by atoms with Gasteiger partial charge in [-0.3, -0.25) is 4.79 Å². The van der Waals surface area contributed by atoms with Crippen LogP contribution in [0.2, 0.25) is 10.0 Å². The van der Waals surface area contributed by atoms with Crippen LogP contribution in [0.3, 0.4) is 0 Å². The molecule has 0 aromatic heterocycles. The highest BCUT2D eigenvalue weighted by Gasteiger charge is 2.06. The third-order valence-corrected chi connectivity index (χ3v) is 3.34. The number of nitrogens with one attached hydrogen (secondary N) is 2. The van der Waals surface area contributed by atoms with Crippen molar-refractivity contribution in [1.29, 1.82) is 0 Å². The number of aryl methyl sites for hydroxylation is 1. The zero-order valence-electron chi connectivity index (χ0n) is 10.9. The predicted octanol–water partition coefficient (Wildman–Crippen LogP) is 4.35. The van der Waals surface area contributed by atoms with Gasteiger partial charge < -0.3 is 10.6 Å². The molecule has 1 amide bonds. The lowest BCUT2D eigenvalue weighted by molar-refractivity contribution is -0.114. The summed E-state index contributed by atoms with van der Waals surface area (Å²) in [5.41, 5.74) is 2.40. The van der Waals surface area contributed by atoms with Crippen LogP contribution in [0.5, 0.6) is 0 Å². The fourth-order valence-corrected chi connectivity index (χ4v) is 2.17. The Bertz CT molecular complexity index is 629. The summed E-state index contributed by atoms with van der Waals surface area (Å²) in [6.07, 6.45) is 0. The molecule has 2 rings (SSSR count). The fraction of sp³-hybridized carbons (Fsp3) is 0.133. The molecule has 2 aromatic carbocycles. The van der Waals surface area contributed by atoms with Crippen LogP contribution in [0.1, 0.15) is 5.56 Å². The fourth-order valence-electron chi connectivity index (χ4n) is 1.74. The van der Waals surface area contributed by atoms with Gasteiger partial charge in [0.15, 0.2) is 0 Å². The average Bonchev–Trinajstić information content (AvgIpc) is 2.41. The van der Waals surface area contributed by atoms with Crippen molar-refractivity contribution in [2.24, 2.45) is 0 Å². The first-order valence-corrected chi connectivity index (χ1v) is 6.86. The molecule has 0 unspecified atom stereocenters. The lowest BCUT2D eigenvalue weighted by atomic mass is 10.2. The van der Waals surface area contributed by atoms with Crippen LogP contribution in [-0.2, 0) is 4.79 Å². The number of carbonyl (C=O) groups is 1. The van der Waals surface area contributed by atoms with Gasteiger partial charge in [0.2, 0.25) is 5.91 Å². The van der Waals surface area contributed by atoms with Crippen molar-refractivity contribution in [3.05, 3.63) is 58.1 Å². The molecule has 0 heterocycles. The van der Waals surface area contributed by atoms with E-state index in [1.165, 1.54) is 0 Å². The predicted molar refractivity (Wildman–Crippen MR) is 84.8 cm³/mol. The van der Waals surface area contributed by atoms with Gasteiger partial charge >= 0.3 is 0 Å². The summed E-state index contributed by atoms with van der Waals surface area (Å²) < 4.78 is 0. The number of hydrogen-bond acceptors (Lipinski definition) is 2. The minimum Gasteiger partial charge on any atom is -0.375 e. The molecule has 2 aromatic rings. The average molecular weight is 309 g/mol. The number of amides is 1. The molecule has 0 saturated carbocycles. The van der Waals surface area contributed by atoms with Crippen molar-refractivity contribution in [2.45, 2.75) is 6.92 Å². The number of carbonyl (C=O) groups excluding carboxylic acids is 1. The largest absolute Gasteiger partial charge is 0.375 e. The van der Waals surface area contributed by atoms with Crippen molar-refractivity contribution >= 4 is 40.5 Å². The Hall–Kier alpha value is -1.71. The summed E-state index contributed by atoms with van der Waals surface area (Å²) in [6, 6.07) is 12.6. The summed E-state index contributed by atoms with van der Waals surface area (Å²) in [7, 11) is 0. The van der Waals surface area contributed by atoms with Crippen molar-refractivity contribution in [2.75, 3.05) is 17.2 Å². The first kappa shape index (κ1) is 14.7. The normalized spacial score (nSPS) is 10.2. The third kappa shape index (κ3) is 3.89. The second kappa shape index (κ2) is 6.64. The molecule has 3 nitrogen and oxygen atoms in total. The lowest BCUT2D eigenvalue weighted by Crippen LogP contribution is -2.22. The Balaban J connectivity index is 1.94. The molecule has 0 radical (unpaired) electrons. The monoisotopic (exact) mass is 308 g/mol. The quantitative estimate of drug-likeness (QED) is 0.881. The van der Waals surface area contributed by atoms with E-state index >= 15 is 0 Å². The van der Waals surface area contributed by atoms with E-state index in [2.05, 4.69) is 10.6 Å². The summed E-state index contributed by atoms with van der Waals surface area (Å²) in [5, 5.41) is 7.05. The number of para-hydroxylation sites is 1. The van der Waals surface area contributed by atoms with Gasteiger partial charge in [-0.15, -0.1) is 0 Å². The van der Waals surface area contributed by atoms with E-state index in [1.807, 2.05) is 25.1 Å². The van der Waals surface area contributed by atoms with E-state index in [0.717, 1.165) is 16.9 Å². The molecule has 5 heteroatoms. The van der Waals surface area contributed by atoms with Gasteiger partial charge in [-0.1, -0.05) is 35.3 Å². The molecule has 20 heavy (non-hydrogen) atoms. The molecule has 0 bridgehead atoms. The number of halogens is 2. The number of benzene rings is 2. The topological polar surface area (TPSA) is 41.1 Å². The van der Waals surface area contributed by atoms with Crippen molar-refractivity contribution in [1.82, 2.24) is 0 Å². The zero-order chi connectivity index (χ0) is 14.5. The number of hydrogen-bond donors (Lipinski definition) is 2. The Morgan fingerprint density at radius 2 is 1.85 bits per heavy atom. The van der Waals surface area contributed by atoms with E-state index in [1.54, 1.807) is 24.3 Å². The van der Waals surface area contributed by atoms with Crippen molar-refractivity contribution in [3.63, 3.8) is 0 Å². The molecule has 0 saturated heterocycles. The van der Waals surface area contributed by atoms with E-state index in [4.69, 9.17) is 23.2 Å². The van der Waals surface area contributed by atoms with Gasteiger partial charge in [-0.25, -0.2) is 0 Å². The molecule has 0 atom stereocenters. The smallest absolute Gasteiger partial charge is 0.243 e. The molecule has 0 spiro atoms. The van der Waals surface area contributed by atoms with E-state index in [-0.39, 0.29) is 12.5 Å². The summed E-state index contributed by atoms with van der Waals surface area (Å²) in [5.74, 6) is -0.143. The lowest BCUT2D eigenvalue weighted by Gasteiger charge is -2.11. The highest BCUT2D eigenvalue weighted by atomic mass is 35.5. The molecular formula is C15H14Cl2N2O. The van der Waals surface area contributed by atoms with Gasteiger partial charge in [-0.05, 0) is 42.8 Å². The highest BCUT2D eigenvalue weighted by Crippen LogP contribution is 2.21. The Morgan fingerprint density at radius 3 is 2.55 bits per heavy atom. The minimum absolute atomic E-state index is 0.143. The van der Waals surface area contributed by atoms with Crippen LogP contribution in [-0.4, -0.2) is 12.5 Å². The van der Waals surface area contributed by atoms with Gasteiger partial charge in [0.1, 0.15) is 0 Å². The first-order valence-electron chi connectivity index (χ1n) is 6.10. The standard InChI is InChI=1S/C15H14Cl2N2O/c1-10-8-11(16)6-7-13(10)19-15(20)9-18-14-5-3-2-4-12(14)17/h2-8,18H,9H2,1H3,(H,19,20). The van der Waals surface area contributed by atoms with Crippen LogP contribution in [0.25, 0.3) is 0 Å². The third-order valence-electron chi connectivity index (χ3n) is 2.78. The number of rotatable bonds is 4. The van der Waals surface area contributed by atoms with Gasteiger partial charge in [0.25, 0.3) is 0 Å². The molecule has 2 N–H and O–H groups in total. The SMILES string of the molecule is Cc1cc(Cl)ccc1NC(=O)CNc1ccccc1Cl. The summed E-state index contributed by atoms with van der Waals surface area (Å²) >= 11 is 11.9. The number of anilines is 2. The van der Waals surface area contributed by atoms with Crippen LogP contribution in [0.4, 0.5) is 11.4 Å². The van der Waals surface area contributed by atoms with Gasteiger partial charge in [0, 0.05) is 10.7 Å². The Morgan fingerprint density at radius 1 is 1.10 bits per heavy atom. The molecule has 0 aliphatic heterocycles. The Labute approximate surface area is 127 Å². The first-order chi connectivity index (χ1) is 9.56. The van der Waals surface area contributed by atoms with Crippen LogP contribution in [0.15, 0.2) is 42.5 Å². The van der Waals surface area contributed by atoms with Crippen LogP contribution in [0, 0.1) is 6.92 Å². The highest BCUT2D eigenvalue weighted by molar-refractivity contribution is 6.33. The van der Waals surface area contributed by atoms with E-state index < -0.39 is 0 Å². The summed E-state index contributed by atoms with van der Waals surface area (Å²) in [6.45, 7) is 2.04. The maximum atomic E-state index is 11.9. The second-order valence-corrected chi connectivity index (χ2v) is 5.18.